The van der Waals surface area contributed by atoms with Gasteiger partial charge in [-0.1, -0.05) is 30.8 Å². The number of allylic oxidation sites excluding steroid dienone is 1. The van der Waals surface area contributed by atoms with Crippen LogP contribution in [-0.2, 0) is 23.9 Å². The average molecular weight is 457 g/mol. The normalized spacial score (nSPS) is 32.1. The van der Waals surface area contributed by atoms with Crippen molar-refractivity contribution in [2.75, 3.05) is 12.9 Å². The molecular formula is C21H32N2O7S. The Labute approximate surface area is 186 Å². The lowest BCUT2D eigenvalue weighted by Gasteiger charge is -2.45. The molecule has 2 rings (SSSR count). The molecule has 0 bridgehead atoms. The van der Waals surface area contributed by atoms with E-state index in [0.717, 1.165) is 20.0 Å². The Morgan fingerprint density at radius 1 is 1.42 bits per heavy atom. The number of amides is 2. The number of carbonyl (C=O) groups excluding carboxylic acids is 4. The molecule has 2 amide bonds. The fourth-order valence-electron chi connectivity index (χ4n) is 4.52. The van der Waals surface area contributed by atoms with Crippen LogP contribution in [0.25, 0.3) is 0 Å². The molecule has 1 saturated heterocycles. The summed E-state index contributed by atoms with van der Waals surface area (Å²) in [7, 11) is 1.16. The summed E-state index contributed by atoms with van der Waals surface area (Å²) < 4.78 is 4.68. The fourth-order valence-corrected chi connectivity index (χ4v) is 5.67. The minimum Gasteiger partial charge on any atom is -0.467 e. The van der Waals surface area contributed by atoms with Crippen LogP contribution in [-0.4, -0.2) is 69.3 Å². The predicted octanol–water partition coefficient (Wildman–Crippen LogP) is 0.287. The van der Waals surface area contributed by atoms with Crippen LogP contribution in [0.2, 0.25) is 0 Å². The molecule has 0 radical (unpaired) electrons. The Balaban J connectivity index is 2.38. The number of hydrogen-bond acceptors (Lipinski definition) is 8. The van der Waals surface area contributed by atoms with Gasteiger partial charge < -0.3 is 25.6 Å². The first kappa shape index (κ1) is 25.4. The van der Waals surface area contributed by atoms with E-state index in [4.69, 9.17) is 0 Å². The first-order valence-corrected chi connectivity index (χ1v) is 11.4. The number of rotatable bonds is 8. The Morgan fingerprint density at radius 2 is 2.10 bits per heavy atom. The van der Waals surface area contributed by atoms with Crippen molar-refractivity contribution in [3.63, 3.8) is 0 Å². The van der Waals surface area contributed by atoms with Gasteiger partial charge in [0.25, 0.3) is 0 Å². The van der Waals surface area contributed by atoms with Crippen LogP contribution in [0.15, 0.2) is 12.2 Å². The van der Waals surface area contributed by atoms with Crippen molar-refractivity contribution >= 4 is 34.7 Å². The third kappa shape index (κ3) is 4.80. The average Bonchev–Trinajstić information content (AvgIpc) is 2.95. The SMILES string of the molecule is CCC1C(=O)NC(C(=O)SCC(NC(C)=O)C(=O)OC)(C(O)C2C=CCCC2)C1(C)O. The van der Waals surface area contributed by atoms with E-state index in [0.29, 0.717) is 18.2 Å². The third-order valence-corrected chi connectivity index (χ3v) is 7.31. The van der Waals surface area contributed by atoms with Crippen LogP contribution in [0.3, 0.4) is 0 Å². The monoisotopic (exact) mass is 456 g/mol. The highest BCUT2D eigenvalue weighted by atomic mass is 32.2. The second kappa shape index (κ2) is 10.1. The molecule has 6 unspecified atom stereocenters. The zero-order valence-corrected chi connectivity index (χ0v) is 19.2. The zero-order chi connectivity index (χ0) is 23.4. The molecule has 0 aromatic carbocycles. The van der Waals surface area contributed by atoms with Crippen LogP contribution < -0.4 is 10.6 Å². The fraction of sp³-hybridized carbons (Fsp3) is 0.714. The largest absolute Gasteiger partial charge is 0.467 e. The van der Waals surface area contributed by atoms with E-state index in [9.17, 15) is 29.4 Å². The van der Waals surface area contributed by atoms with E-state index in [-0.39, 0.29) is 12.2 Å². The summed E-state index contributed by atoms with van der Waals surface area (Å²) in [4.78, 5) is 49.6. The maximum atomic E-state index is 13.5. The first-order chi connectivity index (χ1) is 14.5. The smallest absolute Gasteiger partial charge is 0.329 e. The van der Waals surface area contributed by atoms with Gasteiger partial charge >= 0.3 is 5.97 Å². The Hall–Kier alpha value is -1.91. The number of nitrogens with one attached hydrogen (secondary N) is 2. The quantitative estimate of drug-likeness (QED) is 0.302. The predicted molar refractivity (Wildman–Crippen MR) is 115 cm³/mol. The van der Waals surface area contributed by atoms with Crippen molar-refractivity contribution in [3.8, 4) is 0 Å². The maximum absolute atomic E-state index is 13.5. The van der Waals surface area contributed by atoms with Crippen molar-refractivity contribution in [1.82, 2.24) is 10.6 Å². The lowest BCUT2D eigenvalue weighted by Crippen LogP contribution is -2.69. The number of aliphatic hydroxyl groups excluding tert-OH is 1. The molecule has 1 aliphatic heterocycles. The highest BCUT2D eigenvalue weighted by molar-refractivity contribution is 8.13. The van der Waals surface area contributed by atoms with Crippen LogP contribution >= 0.6 is 11.8 Å². The first-order valence-electron chi connectivity index (χ1n) is 10.4. The van der Waals surface area contributed by atoms with Gasteiger partial charge in [-0.2, -0.15) is 0 Å². The van der Waals surface area contributed by atoms with Gasteiger partial charge in [0.2, 0.25) is 16.9 Å². The van der Waals surface area contributed by atoms with Crippen LogP contribution in [0.1, 0.15) is 46.5 Å². The molecule has 9 nitrogen and oxygen atoms in total. The van der Waals surface area contributed by atoms with Gasteiger partial charge in [-0.3, -0.25) is 14.4 Å². The molecule has 4 N–H and O–H groups in total. The number of methoxy groups -OCH3 is 1. The van der Waals surface area contributed by atoms with E-state index < -0.39 is 58.0 Å². The number of carbonyl (C=O) groups is 4. The van der Waals surface area contributed by atoms with Crippen LogP contribution in [0.4, 0.5) is 0 Å². The molecule has 0 aromatic rings. The van der Waals surface area contributed by atoms with Crippen molar-refractivity contribution in [2.24, 2.45) is 11.8 Å². The molecule has 0 aromatic heterocycles. The Morgan fingerprint density at radius 3 is 2.58 bits per heavy atom. The molecule has 1 fully saturated rings. The van der Waals surface area contributed by atoms with E-state index in [2.05, 4.69) is 15.4 Å². The number of hydrogen-bond donors (Lipinski definition) is 4. The molecule has 0 saturated carbocycles. The number of thioether (sulfide) groups is 1. The van der Waals surface area contributed by atoms with E-state index in [1.807, 2.05) is 12.2 Å². The molecular weight excluding hydrogens is 424 g/mol. The van der Waals surface area contributed by atoms with Crippen molar-refractivity contribution in [1.29, 1.82) is 0 Å². The Bertz CT molecular complexity index is 754. The van der Waals surface area contributed by atoms with Gasteiger partial charge in [-0.15, -0.1) is 0 Å². The van der Waals surface area contributed by atoms with Gasteiger partial charge in [0.1, 0.15) is 11.6 Å². The molecule has 1 heterocycles. The standard InChI is InChI=1S/C21H32N2O7S/c1-5-14-17(26)23-21(20(14,3)29,16(25)13-9-7-6-8-10-13)19(28)31-11-15(18(27)30-4)22-12(2)24/h7,9,13-16,25,29H,5-6,8,10-11H2,1-4H3,(H,22,24)(H,23,26). The number of ether oxygens (including phenoxy) is 1. The van der Waals surface area contributed by atoms with E-state index in [1.54, 1.807) is 6.92 Å². The summed E-state index contributed by atoms with van der Waals surface area (Å²) in [6.07, 6.45) is 4.92. The van der Waals surface area contributed by atoms with Gasteiger partial charge in [0.05, 0.1) is 19.1 Å². The third-order valence-electron chi connectivity index (χ3n) is 6.23. The van der Waals surface area contributed by atoms with Gasteiger partial charge in [0, 0.05) is 18.6 Å². The van der Waals surface area contributed by atoms with Crippen molar-refractivity contribution in [3.05, 3.63) is 12.2 Å². The number of esters is 1. The second-order valence-electron chi connectivity index (χ2n) is 8.25. The summed E-state index contributed by atoms with van der Waals surface area (Å²) in [5, 5.41) is 27.1. The molecule has 0 spiro atoms. The lowest BCUT2D eigenvalue weighted by molar-refractivity contribution is -0.144. The molecule has 6 atom stereocenters. The topological polar surface area (TPSA) is 142 Å². The molecule has 174 valence electrons. The summed E-state index contributed by atoms with van der Waals surface area (Å²) in [5.41, 5.74) is -3.82. The van der Waals surface area contributed by atoms with Crippen LogP contribution in [0.5, 0.6) is 0 Å². The van der Waals surface area contributed by atoms with Gasteiger partial charge in [-0.05, 0) is 32.6 Å². The second-order valence-corrected chi connectivity index (χ2v) is 9.24. The minimum atomic E-state index is -1.96. The summed E-state index contributed by atoms with van der Waals surface area (Å²) in [6, 6.07) is -1.09. The summed E-state index contributed by atoms with van der Waals surface area (Å²) in [6.45, 7) is 4.35. The van der Waals surface area contributed by atoms with Crippen molar-refractivity contribution in [2.45, 2.75) is 69.7 Å². The highest BCUT2D eigenvalue weighted by Gasteiger charge is 2.68. The van der Waals surface area contributed by atoms with Crippen molar-refractivity contribution < 1.29 is 34.1 Å². The summed E-state index contributed by atoms with van der Waals surface area (Å²) >= 11 is 0.662. The molecule has 2 aliphatic rings. The van der Waals surface area contributed by atoms with Gasteiger partial charge in [-0.25, -0.2) is 4.79 Å². The van der Waals surface area contributed by atoms with E-state index in [1.165, 1.54) is 13.8 Å². The Kier molecular flexibility index (Phi) is 8.29. The highest BCUT2D eigenvalue weighted by Crippen LogP contribution is 2.46. The zero-order valence-electron chi connectivity index (χ0n) is 18.3. The van der Waals surface area contributed by atoms with Crippen LogP contribution in [0, 0.1) is 11.8 Å². The lowest BCUT2D eigenvalue weighted by atomic mass is 9.69. The molecule has 1 aliphatic carbocycles. The maximum Gasteiger partial charge on any atom is 0.329 e. The molecule has 10 heteroatoms. The summed E-state index contributed by atoms with van der Waals surface area (Å²) in [5.74, 6) is -3.19. The number of aliphatic hydroxyl groups is 2. The minimum absolute atomic E-state index is 0.178. The molecule has 31 heavy (non-hydrogen) atoms. The van der Waals surface area contributed by atoms with E-state index >= 15 is 0 Å². The van der Waals surface area contributed by atoms with Gasteiger partial charge in [0.15, 0.2) is 5.54 Å².